The quantitative estimate of drug-likeness (QED) is 0.546. The van der Waals surface area contributed by atoms with Crippen molar-refractivity contribution in [3.05, 3.63) is 83.7 Å². The molecule has 0 saturated heterocycles. The highest BCUT2D eigenvalue weighted by Crippen LogP contribution is 2.20. The molecule has 0 radical (unpaired) electrons. The van der Waals surface area contributed by atoms with Crippen LogP contribution in [0.5, 0.6) is 0 Å². The summed E-state index contributed by atoms with van der Waals surface area (Å²) in [5.41, 5.74) is 8.17. The number of nitrogens with zero attached hydrogens (tertiary/aromatic N) is 2. The summed E-state index contributed by atoms with van der Waals surface area (Å²) in [7, 11) is 0. The molecule has 0 aliphatic rings. The van der Waals surface area contributed by atoms with Crippen molar-refractivity contribution in [2.75, 3.05) is 5.73 Å². The number of carbonyl (C=O) groups is 2. The normalized spacial score (nSPS) is 12.9. The van der Waals surface area contributed by atoms with Gasteiger partial charge in [0, 0.05) is 18.7 Å². The molecule has 1 heterocycles. The van der Waals surface area contributed by atoms with Gasteiger partial charge in [-0.25, -0.2) is 4.79 Å². The van der Waals surface area contributed by atoms with Crippen LogP contribution in [0.25, 0.3) is 0 Å². The van der Waals surface area contributed by atoms with Gasteiger partial charge in [0.1, 0.15) is 6.04 Å². The summed E-state index contributed by atoms with van der Waals surface area (Å²) in [5, 5.41) is 16.4. The van der Waals surface area contributed by atoms with Crippen LogP contribution in [0.4, 0.5) is 5.69 Å². The Bertz CT molecular complexity index is 970. The number of carbonyl (C=O) groups excluding carboxylic acids is 1. The van der Waals surface area contributed by atoms with Crippen molar-refractivity contribution in [1.82, 2.24) is 15.1 Å². The van der Waals surface area contributed by atoms with Crippen molar-refractivity contribution in [2.24, 2.45) is 0 Å². The Balaban J connectivity index is 1.70. The minimum Gasteiger partial charge on any atom is -0.480 e. The number of amides is 1. The van der Waals surface area contributed by atoms with E-state index in [1.165, 1.54) is 0 Å². The molecule has 150 valence electrons. The van der Waals surface area contributed by atoms with E-state index in [9.17, 15) is 14.7 Å². The molecular weight excluding hydrogens is 368 g/mol. The van der Waals surface area contributed by atoms with Crippen LogP contribution >= 0.6 is 0 Å². The van der Waals surface area contributed by atoms with Gasteiger partial charge in [-0.05, 0) is 17.5 Å². The number of nitrogens with one attached hydrogen (secondary N) is 1. The Morgan fingerprint density at radius 3 is 2.34 bits per heavy atom. The average Bonchev–Trinajstić information content (AvgIpc) is 3.11. The van der Waals surface area contributed by atoms with Gasteiger partial charge in [-0.3, -0.25) is 9.48 Å². The molecule has 3 aromatic rings. The zero-order valence-electron chi connectivity index (χ0n) is 16.2. The lowest BCUT2D eigenvalue weighted by atomic mass is 9.93. The van der Waals surface area contributed by atoms with E-state index in [1.54, 1.807) is 17.8 Å². The van der Waals surface area contributed by atoms with E-state index in [-0.39, 0.29) is 11.4 Å². The fourth-order valence-electron chi connectivity index (χ4n) is 3.18. The van der Waals surface area contributed by atoms with E-state index in [0.29, 0.717) is 6.54 Å². The van der Waals surface area contributed by atoms with Crippen molar-refractivity contribution in [3.8, 4) is 0 Å². The van der Waals surface area contributed by atoms with Gasteiger partial charge in [-0.2, -0.15) is 5.10 Å². The van der Waals surface area contributed by atoms with Crippen LogP contribution in [0.3, 0.4) is 0 Å². The summed E-state index contributed by atoms with van der Waals surface area (Å²) >= 11 is 0. The lowest BCUT2D eigenvalue weighted by molar-refractivity contribution is -0.139. The van der Waals surface area contributed by atoms with Gasteiger partial charge in [-0.15, -0.1) is 0 Å². The van der Waals surface area contributed by atoms with Gasteiger partial charge in [0.2, 0.25) is 0 Å². The maximum absolute atomic E-state index is 12.7. The highest BCUT2D eigenvalue weighted by molar-refractivity contribution is 5.99. The van der Waals surface area contributed by atoms with Crippen LogP contribution in [0.1, 0.15) is 34.5 Å². The third kappa shape index (κ3) is 5.01. The van der Waals surface area contributed by atoms with E-state index in [4.69, 9.17) is 5.73 Å². The van der Waals surface area contributed by atoms with E-state index in [2.05, 4.69) is 10.4 Å². The molecule has 0 aliphatic carbocycles. The van der Waals surface area contributed by atoms with E-state index < -0.39 is 23.8 Å². The molecular formula is C22H24N4O3. The van der Waals surface area contributed by atoms with Crippen molar-refractivity contribution in [2.45, 2.75) is 31.8 Å². The Labute approximate surface area is 169 Å². The molecule has 1 amide bonds. The van der Waals surface area contributed by atoms with Gasteiger partial charge < -0.3 is 16.2 Å². The molecule has 7 heteroatoms. The zero-order valence-corrected chi connectivity index (χ0v) is 16.2. The Morgan fingerprint density at radius 2 is 1.72 bits per heavy atom. The third-order valence-electron chi connectivity index (χ3n) is 4.86. The second-order valence-electron chi connectivity index (χ2n) is 6.92. The SMILES string of the molecule is CC(c1ccccc1)C(NC(=O)c1nn(CCc2ccccc2)cc1N)C(=O)O. The highest BCUT2D eigenvalue weighted by atomic mass is 16.4. The van der Waals surface area contributed by atoms with Crippen LogP contribution in [0.15, 0.2) is 66.9 Å². The van der Waals surface area contributed by atoms with E-state index in [1.807, 2.05) is 60.7 Å². The summed E-state index contributed by atoms with van der Waals surface area (Å²) in [5.74, 6) is -2.13. The van der Waals surface area contributed by atoms with Crippen LogP contribution < -0.4 is 11.1 Å². The Morgan fingerprint density at radius 1 is 1.10 bits per heavy atom. The number of hydrogen-bond acceptors (Lipinski definition) is 4. The lowest BCUT2D eigenvalue weighted by Gasteiger charge is -2.21. The molecule has 29 heavy (non-hydrogen) atoms. The van der Waals surface area contributed by atoms with Gasteiger partial charge in [0.05, 0.1) is 5.69 Å². The predicted molar refractivity (Wildman–Crippen MR) is 111 cm³/mol. The maximum atomic E-state index is 12.7. The number of nitrogen functional groups attached to an aromatic ring is 1. The monoisotopic (exact) mass is 392 g/mol. The maximum Gasteiger partial charge on any atom is 0.326 e. The molecule has 0 fully saturated rings. The predicted octanol–water partition coefficient (Wildman–Crippen LogP) is 2.69. The van der Waals surface area contributed by atoms with E-state index >= 15 is 0 Å². The molecule has 0 aliphatic heterocycles. The summed E-state index contributed by atoms with van der Waals surface area (Å²) in [4.78, 5) is 24.4. The molecule has 3 rings (SSSR count). The van der Waals surface area contributed by atoms with Crippen LogP contribution in [-0.2, 0) is 17.8 Å². The second-order valence-corrected chi connectivity index (χ2v) is 6.92. The van der Waals surface area contributed by atoms with Gasteiger partial charge in [-0.1, -0.05) is 67.6 Å². The minimum absolute atomic E-state index is 0.0320. The smallest absolute Gasteiger partial charge is 0.326 e. The molecule has 1 aromatic heterocycles. The highest BCUT2D eigenvalue weighted by Gasteiger charge is 2.29. The molecule has 2 aromatic carbocycles. The molecule has 4 N–H and O–H groups in total. The van der Waals surface area contributed by atoms with Crippen LogP contribution in [-0.4, -0.2) is 32.8 Å². The number of carboxylic acid groups (broad SMARTS) is 1. The molecule has 2 unspecified atom stereocenters. The van der Waals surface area contributed by atoms with Gasteiger partial charge in [0.25, 0.3) is 5.91 Å². The Kier molecular flexibility index (Phi) is 6.29. The minimum atomic E-state index is -1.11. The number of anilines is 1. The number of rotatable bonds is 8. The number of carboxylic acids is 1. The average molecular weight is 392 g/mol. The number of nitrogens with two attached hydrogens (primary N) is 1. The first kappa shape index (κ1) is 20.1. The fraction of sp³-hybridized carbons (Fsp3) is 0.227. The number of aromatic nitrogens is 2. The fourth-order valence-corrected chi connectivity index (χ4v) is 3.18. The number of hydrogen-bond donors (Lipinski definition) is 3. The summed E-state index contributed by atoms with van der Waals surface area (Å²) in [6, 6.07) is 18.0. The summed E-state index contributed by atoms with van der Waals surface area (Å²) < 4.78 is 1.60. The molecule has 7 nitrogen and oxygen atoms in total. The third-order valence-corrected chi connectivity index (χ3v) is 4.86. The largest absolute Gasteiger partial charge is 0.480 e. The number of benzene rings is 2. The first-order valence-electron chi connectivity index (χ1n) is 9.41. The van der Waals surface area contributed by atoms with Crippen LogP contribution in [0, 0.1) is 0 Å². The van der Waals surface area contributed by atoms with Crippen molar-refractivity contribution in [1.29, 1.82) is 0 Å². The molecule has 2 atom stereocenters. The zero-order chi connectivity index (χ0) is 20.8. The number of aliphatic carboxylic acids is 1. The molecule has 0 spiro atoms. The van der Waals surface area contributed by atoms with Gasteiger partial charge in [0.15, 0.2) is 5.69 Å². The second kappa shape index (κ2) is 9.05. The number of aryl methyl sites for hydroxylation is 2. The first-order valence-corrected chi connectivity index (χ1v) is 9.41. The summed E-state index contributed by atoms with van der Waals surface area (Å²) in [6.45, 7) is 2.32. The lowest BCUT2D eigenvalue weighted by Crippen LogP contribution is -2.44. The summed E-state index contributed by atoms with van der Waals surface area (Å²) in [6.07, 6.45) is 2.33. The van der Waals surface area contributed by atoms with Gasteiger partial charge >= 0.3 is 5.97 Å². The van der Waals surface area contributed by atoms with Crippen molar-refractivity contribution in [3.63, 3.8) is 0 Å². The Hall–Kier alpha value is -3.61. The van der Waals surface area contributed by atoms with E-state index in [0.717, 1.165) is 17.5 Å². The first-order chi connectivity index (χ1) is 14.0. The van der Waals surface area contributed by atoms with Crippen LogP contribution in [0.2, 0.25) is 0 Å². The molecule has 0 bridgehead atoms. The topological polar surface area (TPSA) is 110 Å². The molecule has 0 saturated carbocycles. The van der Waals surface area contributed by atoms with Crippen molar-refractivity contribution >= 4 is 17.6 Å². The standard InChI is InChI=1S/C22H24N4O3/c1-15(17-10-6-3-7-11-17)19(22(28)29)24-21(27)20-18(23)14-26(25-20)13-12-16-8-4-2-5-9-16/h2-11,14-15,19H,12-13,23H2,1H3,(H,24,27)(H,28,29). The van der Waals surface area contributed by atoms with Crippen molar-refractivity contribution < 1.29 is 14.7 Å².